The monoisotopic (exact) mass is 588 g/mol. The lowest BCUT2D eigenvalue weighted by Crippen LogP contribution is -2.38. The van der Waals surface area contributed by atoms with Gasteiger partial charge >= 0.3 is 0 Å². The van der Waals surface area contributed by atoms with Crippen molar-refractivity contribution in [1.82, 2.24) is 20.0 Å². The number of pyridine rings is 1. The summed E-state index contributed by atoms with van der Waals surface area (Å²) in [6.45, 7) is 2.02. The van der Waals surface area contributed by atoms with Gasteiger partial charge in [0.05, 0.1) is 68.2 Å². The molecule has 212 valence electrons. The first-order valence-electron chi connectivity index (χ1n) is 14.1. The Bertz CT molecular complexity index is 1910. The van der Waals surface area contributed by atoms with Gasteiger partial charge in [-0.25, -0.2) is 9.07 Å². The lowest BCUT2D eigenvalue weighted by Gasteiger charge is -2.32. The Morgan fingerprint density at radius 2 is 1.93 bits per heavy atom. The summed E-state index contributed by atoms with van der Waals surface area (Å²) in [5, 5.41) is 35.5. The van der Waals surface area contributed by atoms with Crippen LogP contribution in [0.1, 0.15) is 66.2 Å². The molecule has 1 saturated carbocycles. The van der Waals surface area contributed by atoms with Crippen LogP contribution in [0.2, 0.25) is 5.02 Å². The van der Waals surface area contributed by atoms with E-state index in [4.69, 9.17) is 11.6 Å². The molecule has 5 aromatic rings. The third kappa shape index (κ3) is 5.27. The summed E-state index contributed by atoms with van der Waals surface area (Å²) >= 11 is 6.76. The summed E-state index contributed by atoms with van der Waals surface area (Å²) in [7, 11) is 1.87. The van der Waals surface area contributed by atoms with Gasteiger partial charge in [0.25, 0.3) is 0 Å². The summed E-state index contributed by atoms with van der Waals surface area (Å²) in [4.78, 5) is 4.36. The molecule has 0 radical (unpaired) electrons. The van der Waals surface area contributed by atoms with Crippen molar-refractivity contribution in [1.29, 1.82) is 10.5 Å². The van der Waals surface area contributed by atoms with Gasteiger partial charge in [0.2, 0.25) is 0 Å². The van der Waals surface area contributed by atoms with Crippen molar-refractivity contribution in [3.8, 4) is 12.1 Å². The maximum atomic E-state index is 16.8. The van der Waals surface area contributed by atoms with Crippen LogP contribution in [0, 0.1) is 28.5 Å². The fourth-order valence-corrected chi connectivity index (χ4v) is 5.63. The number of aromatic nitrogens is 4. The van der Waals surface area contributed by atoms with Crippen LogP contribution in [0.4, 0.5) is 15.8 Å². The minimum absolute atomic E-state index is 0.0935. The van der Waals surface area contributed by atoms with Crippen LogP contribution >= 0.6 is 11.6 Å². The molecule has 1 fully saturated rings. The van der Waals surface area contributed by atoms with Gasteiger partial charge in [0.1, 0.15) is 19.6 Å². The Kier molecular flexibility index (Phi) is 7.47. The molecule has 11 heteroatoms. The molecule has 6 rings (SSSR count). The number of nitrogens with zero attached hydrogens (tertiary/aromatic N) is 6. The topological polar surface area (TPSA) is 115 Å². The Labute approximate surface area is 254 Å². The molecule has 3 aromatic carbocycles. The van der Waals surface area contributed by atoms with E-state index in [9.17, 15) is 10.5 Å². The van der Waals surface area contributed by atoms with Crippen molar-refractivity contribution in [3.05, 3.63) is 112 Å². The van der Waals surface area contributed by atoms with Crippen molar-refractivity contribution in [3.63, 3.8) is 0 Å². The van der Waals surface area contributed by atoms with Gasteiger partial charge in [-0.2, -0.15) is 10.5 Å². The van der Waals surface area contributed by atoms with Gasteiger partial charge in [-0.1, -0.05) is 66.2 Å². The molecule has 43 heavy (non-hydrogen) atoms. The zero-order chi connectivity index (χ0) is 30.1. The molecule has 0 bridgehead atoms. The van der Waals surface area contributed by atoms with Gasteiger partial charge in [-0.15, -0.1) is 5.10 Å². The van der Waals surface area contributed by atoms with Crippen LogP contribution in [0.15, 0.2) is 73.1 Å². The quantitative estimate of drug-likeness (QED) is 0.197. The highest BCUT2D eigenvalue weighted by molar-refractivity contribution is 6.36. The summed E-state index contributed by atoms with van der Waals surface area (Å²) in [5.74, 6) is -0.619. The highest BCUT2D eigenvalue weighted by Gasteiger charge is 2.36. The zero-order valence-electron chi connectivity index (χ0n) is 23.6. The molecule has 1 aliphatic carbocycles. The molecule has 1 aliphatic rings. The second kappa shape index (κ2) is 11.4. The Morgan fingerprint density at radius 3 is 2.63 bits per heavy atom. The fraction of sp³-hybridized carbons (Fsp3) is 0.219. The Hall–Kier alpha value is -4.93. The van der Waals surface area contributed by atoms with E-state index in [-0.39, 0.29) is 33.2 Å². The van der Waals surface area contributed by atoms with Gasteiger partial charge in [-0.3, -0.25) is 4.98 Å². The molecule has 2 N–H and O–H groups in total. The molecule has 0 saturated heterocycles. The molecule has 2 aromatic heterocycles. The molecule has 0 spiro atoms. The number of hydrogen-bond donors (Lipinski definition) is 2. The summed E-state index contributed by atoms with van der Waals surface area (Å²) in [5.41, 5.74) is 2.47. The van der Waals surface area contributed by atoms with E-state index in [2.05, 4.69) is 38.1 Å². The van der Waals surface area contributed by atoms with Crippen LogP contribution < -0.4 is 10.6 Å². The molecule has 0 aliphatic heterocycles. The number of anilines is 2. The number of nitrogens with one attached hydrogen (secondary N) is 2. The maximum absolute atomic E-state index is 16.8. The first-order valence-corrected chi connectivity index (χ1v) is 14.5. The molecule has 0 amide bonds. The number of fused-ring (bicyclic) bond motifs is 1. The average molecular weight is 589 g/mol. The van der Waals surface area contributed by atoms with E-state index < -0.39 is 11.3 Å². The minimum Gasteiger partial charge on any atom is -0.376 e. The van der Waals surface area contributed by atoms with E-state index in [0.29, 0.717) is 35.0 Å². The second-order valence-electron chi connectivity index (χ2n) is 10.9. The zero-order valence-corrected chi connectivity index (χ0v) is 24.4. The van der Waals surface area contributed by atoms with Gasteiger partial charge < -0.3 is 10.6 Å². The van der Waals surface area contributed by atoms with Crippen molar-refractivity contribution in [2.45, 2.75) is 43.7 Å². The highest BCUT2D eigenvalue weighted by Crippen LogP contribution is 2.41. The third-order valence-corrected chi connectivity index (χ3v) is 8.27. The fourth-order valence-electron chi connectivity index (χ4n) is 5.38. The first-order chi connectivity index (χ1) is 20.9. The Balaban J connectivity index is 1.51. The third-order valence-electron chi connectivity index (χ3n) is 7.98. The van der Waals surface area contributed by atoms with E-state index in [1.54, 1.807) is 18.2 Å². The Morgan fingerprint density at radius 1 is 1.14 bits per heavy atom. The summed E-state index contributed by atoms with van der Waals surface area (Å²) in [6.07, 6.45) is 6.01. The number of halogens is 2. The second-order valence-corrected chi connectivity index (χ2v) is 11.3. The van der Waals surface area contributed by atoms with Crippen molar-refractivity contribution < 1.29 is 4.39 Å². The van der Waals surface area contributed by atoms with E-state index >= 15 is 4.39 Å². The van der Waals surface area contributed by atoms with E-state index in [1.165, 1.54) is 12.3 Å². The normalized spacial score (nSPS) is 14.8. The van der Waals surface area contributed by atoms with Crippen LogP contribution in [0.5, 0.6) is 0 Å². The molecule has 2 heterocycles. The van der Waals surface area contributed by atoms with Crippen molar-refractivity contribution in [2.24, 2.45) is 0 Å². The van der Waals surface area contributed by atoms with E-state index in [1.807, 2.05) is 62.0 Å². The molecule has 8 nitrogen and oxygen atoms in total. The van der Waals surface area contributed by atoms with Crippen LogP contribution in [0.3, 0.4) is 0 Å². The molecule has 2 atom stereocenters. The highest BCUT2D eigenvalue weighted by atomic mass is 35.5. The standard InChI is InChI=1S/C32H27BClFN8/c1-2-25(20-8-4-3-5-9-20)39-30-21(16-37)17-38-31-24(34)14-26(29(35)28(30)31)40-32(33,22-10-6-7-19(13-22)15-36)27-18-43(42-41-27)23-11-12-23/h3-10,13-14,17-18,23,25,40H,2,11-12,33H2,1H3,(H,38,39)/t25-,32?/m1/s1. The molecular weight excluding hydrogens is 562 g/mol. The summed E-state index contributed by atoms with van der Waals surface area (Å²) < 4.78 is 18.7. The maximum Gasteiger partial charge on any atom is 0.157 e. The number of benzene rings is 3. The number of rotatable bonds is 9. The lowest BCUT2D eigenvalue weighted by molar-refractivity contribution is 0.610. The van der Waals surface area contributed by atoms with Gasteiger partial charge in [0.15, 0.2) is 5.82 Å². The summed E-state index contributed by atoms with van der Waals surface area (Å²) in [6, 6.07) is 22.8. The largest absolute Gasteiger partial charge is 0.376 e. The van der Waals surface area contributed by atoms with E-state index in [0.717, 1.165) is 18.4 Å². The number of nitriles is 2. The average Bonchev–Trinajstić information content (AvgIpc) is 3.77. The van der Waals surface area contributed by atoms with Crippen LogP contribution in [0.25, 0.3) is 10.9 Å². The number of hydrogen-bond acceptors (Lipinski definition) is 7. The van der Waals surface area contributed by atoms with Gasteiger partial charge in [0, 0.05) is 6.20 Å². The van der Waals surface area contributed by atoms with Crippen molar-refractivity contribution >= 4 is 41.7 Å². The first kappa shape index (κ1) is 28.2. The SMILES string of the molecule is BC(Nc1cc(Cl)c2ncc(C#N)c(N[C@H](CC)c3ccccc3)c2c1F)(c1cccc(C#N)c1)c1cn(C2CC2)nn1. The van der Waals surface area contributed by atoms with Crippen LogP contribution in [-0.2, 0) is 5.44 Å². The van der Waals surface area contributed by atoms with Crippen LogP contribution in [-0.4, -0.2) is 27.8 Å². The molecular formula is C32H27BClFN8. The predicted octanol–water partition coefficient (Wildman–Crippen LogP) is 6.21. The minimum atomic E-state index is -1.10. The lowest BCUT2D eigenvalue weighted by atomic mass is 9.69. The van der Waals surface area contributed by atoms with Gasteiger partial charge in [-0.05, 0) is 48.6 Å². The van der Waals surface area contributed by atoms with Crippen molar-refractivity contribution in [2.75, 3.05) is 10.6 Å². The smallest absolute Gasteiger partial charge is 0.157 e. The molecule has 1 unspecified atom stereocenters. The predicted molar refractivity (Wildman–Crippen MR) is 167 cm³/mol.